The summed E-state index contributed by atoms with van der Waals surface area (Å²) >= 11 is 0. The third kappa shape index (κ3) is 6.34. The number of aromatic nitrogens is 2. The number of rotatable bonds is 5. The molecule has 0 bridgehead atoms. The number of anilines is 2. The van der Waals surface area contributed by atoms with E-state index >= 15 is 0 Å². The Morgan fingerprint density at radius 3 is 2.48 bits per heavy atom. The quantitative estimate of drug-likeness (QED) is 0.381. The van der Waals surface area contributed by atoms with Crippen LogP contribution in [-0.4, -0.2) is 46.7 Å². The summed E-state index contributed by atoms with van der Waals surface area (Å²) in [5, 5.41) is 5.84. The average molecular weight is 582 g/mol. The van der Waals surface area contributed by atoms with E-state index in [1.54, 1.807) is 6.20 Å². The van der Waals surface area contributed by atoms with Gasteiger partial charge in [0.05, 0.1) is 23.1 Å². The Bertz CT molecular complexity index is 1500. The minimum Gasteiger partial charge on any atom is -0.444 e. The van der Waals surface area contributed by atoms with E-state index in [-0.39, 0.29) is 17.7 Å². The van der Waals surface area contributed by atoms with E-state index in [2.05, 4.69) is 32.4 Å². The molecule has 2 aromatic heterocycles. The number of alkyl carbamates (subject to hydrolysis) is 1. The summed E-state index contributed by atoms with van der Waals surface area (Å²) in [7, 11) is 0. The summed E-state index contributed by atoms with van der Waals surface area (Å²) in [4.78, 5) is 36.7. The van der Waals surface area contributed by atoms with Gasteiger partial charge in [0.25, 0.3) is 5.91 Å². The summed E-state index contributed by atoms with van der Waals surface area (Å²) < 4.78 is 48.9. The van der Waals surface area contributed by atoms with Crippen LogP contribution in [0, 0.1) is 23.4 Å². The van der Waals surface area contributed by atoms with Crippen molar-refractivity contribution in [2.75, 3.05) is 23.3 Å². The summed E-state index contributed by atoms with van der Waals surface area (Å²) in [6.07, 6.45) is 4.39. The third-order valence-corrected chi connectivity index (χ3v) is 7.30. The van der Waals surface area contributed by atoms with Gasteiger partial charge in [-0.1, -0.05) is 13.0 Å². The van der Waals surface area contributed by atoms with Gasteiger partial charge < -0.3 is 20.3 Å². The number of hydrogen-bond donors (Lipinski definition) is 2. The normalized spacial score (nSPS) is 18.4. The molecule has 1 aliphatic heterocycles. The highest BCUT2D eigenvalue weighted by molar-refractivity contribution is 6.05. The summed E-state index contributed by atoms with van der Waals surface area (Å²) in [5.74, 6) is -3.39. The van der Waals surface area contributed by atoms with Crippen LogP contribution in [0.1, 0.15) is 62.3 Å². The number of fused-ring (bicyclic) bond motifs is 1. The molecule has 3 heterocycles. The minimum absolute atomic E-state index is 0.186. The maximum Gasteiger partial charge on any atom is 0.407 e. The molecule has 2 unspecified atom stereocenters. The number of hydrogen-bond acceptors (Lipinski definition) is 6. The van der Waals surface area contributed by atoms with Crippen molar-refractivity contribution in [2.45, 2.75) is 65.0 Å². The first-order valence-corrected chi connectivity index (χ1v) is 14.1. The lowest BCUT2D eigenvalue weighted by atomic mass is 9.94. The van der Waals surface area contributed by atoms with Crippen LogP contribution in [0.5, 0.6) is 0 Å². The molecular weight excluding hydrogens is 547 g/mol. The highest BCUT2D eigenvalue weighted by Gasteiger charge is 2.32. The van der Waals surface area contributed by atoms with Crippen LogP contribution in [0.3, 0.4) is 0 Å². The maximum atomic E-state index is 14.6. The number of carbonyl (C=O) groups is 2. The number of amides is 2. The predicted molar refractivity (Wildman–Crippen MR) is 153 cm³/mol. The minimum atomic E-state index is -0.988. The van der Waals surface area contributed by atoms with Gasteiger partial charge in [-0.25, -0.2) is 22.9 Å². The zero-order valence-corrected chi connectivity index (χ0v) is 24.1. The highest BCUT2D eigenvalue weighted by atomic mass is 19.1. The Balaban J connectivity index is 1.44. The molecule has 42 heavy (non-hydrogen) atoms. The Labute approximate surface area is 242 Å². The molecule has 2 aliphatic rings. The molecule has 8 nitrogen and oxygen atoms in total. The largest absolute Gasteiger partial charge is 0.444 e. The highest BCUT2D eigenvalue weighted by Crippen LogP contribution is 2.38. The van der Waals surface area contributed by atoms with Crippen LogP contribution in [0.4, 0.5) is 29.3 Å². The Morgan fingerprint density at radius 1 is 1.02 bits per heavy atom. The predicted octanol–water partition coefficient (Wildman–Crippen LogP) is 6.04. The van der Waals surface area contributed by atoms with E-state index in [0.29, 0.717) is 18.8 Å². The third-order valence-electron chi connectivity index (χ3n) is 7.30. The first kappa shape index (κ1) is 29.3. The summed E-state index contributed by atoms with van der Waals surface area (Å²) in [6, 6.07) is 5.11. The van der Waals surface area contributed by atoms with Gasteiger partial charge >= 0.3 is 6.09 Å². The van der Waals surface area contributed by atoms with E-state index in [0.717, 1.165) is 66.9 Å². The fraction of sp³-hybridized carbons (Fsp3) is 0.419. The zero-order chi connectivity index (χ0) is 30.2. The average Bonchev–Trinajstić information content (AvgIpc) is 3.36. The number of halogens is 3. The SMILES string of the molecule is CC1CC(NC(=O)OC(C)(C)C)CN(c2c(NC(=O)c3ccc(F)c(-c4c(F)cccc4F)n3)cnc3c2CCC3)C1. The first-order chi connectivity index (χ1) is 19.9. The second-order valence-electron chi connectivity index (χ2n) is 12.0. The van der Waals surface area contributed by atoms with Gasteiger partial charge in [0.15, 0.2) is 0 Å². The van der Waals surface area contributed by atoms with E-state index in [1.165, 1.54) is 6.07 Å². The fourth-order valence-corrected chi connectivity index (χ4v) is 5.71. The van der Waals surface area contributed by atoms with Crippen LogP contribution in [0.15, 0.2) is 36.5 Å². The fourth-order valence-electron chi connectivity index (χ4n) is 5.71. The van der Waals surface area contributed by atoms with Crippen LogP contribution >= 0.6 is 0 Å². The van der Waals surface area contributed by atoms with Crippen LogP contribution in [-0.2, 0) is 17.6 Å². The van der Waals surface area contributed by atoms with Gasteiger partial charge in [-0.3, -0.25) is 9.78 Å². The van der Waals surface area contributed by atoms with Crippen LogP contribution in [0.25, 0.3) is 11.3 Å². The molecule has 3 aromatic rings. The molecule has 0 spiro atoms. The van der Waals surface area contributed by atoms with Crippen molar-refractivity contribution in [3.05, 3.63) is 70.9 Å². The maximum absolute atomic E-state index is 14.6. The van der Waals surface area contributed by atoms with Gasteiger partial charge in [0.1, 0.15) is 34.4 Å². The lowest BCUT2D eigenvalue weighted by Crippen LogP contribution is -2.51. The molecule has 0 radical (unpaired) electrons. The van der Waals surface area contributed by atoms with Crippen LogP contribution < -0.4 is 15.5 Å². The van der Waals surface area contributed by atoms with E-state index in [4.69, 9.17) is 4.74 Å². The topological polar surface area (TPSA) is 96.5 Å². The lowest BCUT2D eigenvalue weighted by Gasteiger charge is -2.40. The number of pyridine rings is 2. The van der Waals surface area contributed by atoms with Gasteiger partial charge in [-0.2, -0.15) is 0 Å². The Morgan fingerprint density at radius 2 is 1.76 bits per heavy atom. The first-order valence-electron chi connectivity index (χ1n) is 14.1. The molecule has 2 atom stereocenters. The standard InChI is InChI=1S/C31H34F3N5O3/c1-17-13-18(36-30(41)42-31(2,3)4)16-39(15-17)28-19-7-5-10-23(19)35-14-25(28)38-29(40)24-12-11-22(34)27(37-24)26-20(32)8-6-9-21(26)33/h6,8-9,11-12,14,17-18H,5,7,10,13,15-16H2,1-4H3,(H,36,41)(H,38,40). The second kappa shape index (κ2) is 11.6. The van der Waals surface area contributed by atoms with Crippen molar-refractivity contribution in [3.8, 4) is 11.3 Å². The molecule has 11 heteroatoms. The molecule has 2 amide bonds. The number of aryl methyl sites for hydroxylation is 1. The van der Waals surface area contributed by atoms with Crippen molar-refractivity contribution in [1.29, 1.82) is 0 Å². The van der Waals surface area contributed by atoms with Gasteiger partial charge in [-0.05, 0) is 82.2 Å². The van der Waals surface area contributed by atoms with Gasteiger partial charge in [0.2, 0.25) is 0 Å². The molecule has 1 fully saturated rings. The zero-order valence-electron chi connectivity index (χ0n) is 24.1. The molecule has 0 saturated carbocycles. The number of piperidine rings is 1. The number of carbonyl (C=O) groups excluding carboxylic acids is 2. The van der Waals surface area contributed by atoms with E-state index < -0.39 is 46.3 Å². The number of nitrogens with one attached hydrogen (secondary N) is 2. The molecule has 2 N–H and O–H groups in total. The van der Waals surface area contributed by atoms with Crippen molar-refractivity contribution in [1.82, 2.24) is 15.3 Å². The molecule has 1 saturated heterocycles. The molecule has 1 aromatic carbocycles. The van der Waals surface area contributed by atoms with Crippen molar-refractivity contribution >= 4 is 23.4 Å². The van der Waals surface area contributed by atoms with E-state index in [9.17, 15) is 22.8 Å². The van der Waals surface area contributed by atoms with Gasteiger partial charge in [-0.15, -0.1) is 0 Å². The summed E-state index contributed by atoms with van der Waals surface area (Å²) in [5.41, 5.74) is 1.17. The number of ether oxygens (including phenoxy) is 1. The smallest absolute Gasteiger partial charge is 0.407 e. The number of benzene rings is 1. The second-order valence-corrected chi connectivity index (χ2v) is 12.0. The molecular formula is C31H34F3N5O3. The Kier molecular flexibility index (Phi) is 8.12. The summed E-state index contributed by atoms with van der Waals surface area (Å²) in [6.45, 7) is 8.71. The van der Waals surface area contributed by atoms with Gasteiger partial charge in [0, 0.05) is 24.8 Å². The van der Waals surface area contributed by atoms with Crippen LogP contribution in [0.2, 0.25) is 0 Å². The molecule has 5 rings (SSSR count). The monoisotopic (exact) mass is 581 g/mol. The van der Waals surface area contributed by atoms with Crippen molar-refractivity contribution in [2.24, 2.45) is 5.92 Å². The van der Waals surface area contributed by atoms with E-state index in [1.807, 2.05) is 20.8 Å². The molecule has 1 aliphatic carbocycles. The van der Waals surface area contributed by atoms with Crippen molar-refractivity contribution in [3.63, 3.8) is 0 Å². The number of nitrogens with zero attached hydrogens (tertiary/aromatic N) is 3. The Hall–Kier alpha value is -4.15. The molecule has 222 valence electrons. The van der Waals surface area contributed by atoms with Crippen molar-refractivity contribution < 1.29 is 27.5 Å². The lowest BCUT2D eigenvalue weighted by molar-refractivity contribution is 0.0495.